The molecule has 5 nitrogen and oxygen atoms in total. The van der Waals surface area contributed by atoms with Crippen LogP contribution in [0.25, 0.3) is 0 Å². The maximum Gasteiger partial charge on any atom is 0.305 e. The van der Waals surface area contributed by atoms with Crippen LogP contribution in [-0.4, -0.2) is 38.7 Å². The number of alkyl halides is 1. The molecule has 0 heterocycles. The first-order valence-electron chi connectivity index (χ1n) is 5.65. The first kappa shape index (κ1) is 14.7. The molecule has 1 N–H and O–H groups in total. The Hall–Kier alpha value is -0.330. The predicted molar refractivity (Wildman–Crippen MR) is 65.5 cm³/mol. The van der Waals surface area contributed by atoms with Crippen molar-refractivity contribution in [2.24, 2.45) is 0 Å². The summed E-state index contributed by atoms with van der Waals surface area (Å²) in [6.07, 6.45) is 2.96. The first-order valence-corrected chi connectivity index (χ1v) is 7.74. The number of carbonyl (C=O) groups excluding carboxylic acids is 1. The number of ether oxygens (including phenoxy) is 1. The molecule has 17 heavy (non-hydrogen) atoms. The first-order chi connectivity index (χ1) is 7.94. The number of hydrogen-bond donors (Lipinski definition) is 1. The summed E-state index contributed by atoms with van der Waals surface area (Å²) in [6.45, 7) is 0. The van der Waals surface area contributed by atoms with Crippen LogP contribution >= 0.6 is 11.6 Å². The highest BCUT2D eigenvalue weighted by Gasteiger charge is 2.28. The number of nitrogens with one attached hydrogen (secondary N) is 1. The number of hydrogen-bond acceptors (Lipinski definition) is 4. The molecule has 0 aromatic carbocycles. The fourth-order valence-electron chi connectivity index (χ4n) is 1.85. The number of rotatable bonds is 6. The molecular weight excluding hydrogens is 266 g/mol. The number of sulfonamides is 1. The molecule has 2 unspecified atom stereocenters. The second kappa shape index (κ2) is 6.56. The lowest BCUT2D eigenvalue weighted by Gasteiger charge is -2.15. The molecule has 1 saturated carbocycles. The number of methoxy groups -OCH3 is 1. The van der Waals surface area contributed by atoms with E-state index in [0.29, 0.717) is 0 Å². The van der Waals surface area contributed by atoms with Crippen LogP contribution in [0.15, 0.2) is 0 Å². The van der Waals surface area contributed by atoms with Gasteiger partial charge >= 0.3 is 5.97 Å². The zero-order chi connectivity index (χ0) is 12.9. The molecule has 0 saturated heterocycles. The van der Waals surface area contributed by atoms with E-state index < -0.39 is 16.0 Å². The summed E-state index contributed by atoms with van der Waals surface area (Å²) in [7, 11) is -2.06. The van der Waals surface area contributed by atoms with Gasteiger partial charge in [-0.3, -0.25) is 4.79 Å². The highest BCUT2D eigenvalue weighted by atomic mass is 35.5. The van der Waals surface area contributed by atoms with Gasteiger partial charge in [0.05, 0.1) is 12.9 Å². The third-order valence-electron chi connectivity index (χ3n) is 2.78. The molecule has 0 spiro atoms. The van der Waals surface area contributed by atoms with E-state index in [1.54, 1.807) is 0 Å². The van der Waals surface area contributed by atoms with Crippen molar-refractivity contribution >= 4 is 27.6 Å². The third-order valence-corrected chi connectivity index (χ3v) is 4.79. The van der Waals surface area contributed by atoms with Gasteiger partial charge in [-0.1, -0.05) is 6.42 Å². The minimum absolute atomic E-state index is 0.0673. The second-order valence-corrected chi connectivity index (χ2v) is 6.60. The standard InChI is InChI=1S/C10H18ClNO4S/c1-16-10(13)6-3-7-17(14,15)12-9-5-2-4-8(9)11/h8-9,12H,2-7H2,1H3. The fourth-order valence-corrected chi connectivity index (χ4v) is 3.65. The minimum atomic E-state index is -3.34. The normalized spacial score (nSPS) is 24.8. The monoisotopic (exact) mass is 283 g/mol. The Balaban J connectivity index is 2.33. The van der Waals surface area contributed by atoms with Gasteiger partial charge in [-0.15, -0.1) is 11.6 Å². The minimum Gasteiger partial charge on any atom is -0.469 e. The van der Waals surface area contributed by atoms with Gasteiger partial charge in [0.25, 0.3) is 0 Å². The summed E-state index contributed by atoms with van der Waals surface area (Å²) >= 11 is 5.99. The van der Waals surface area contributed by atoms with Gasteiger partial charge in [0.15, 0.2) is 0 Å². The lowest BCUT2D eigenvalue weighted by atomic mass is 10.3. The van der Waals surface area contributed by atoms with Crippen LogP contribution in [0.2, 0.25) is 0 Å². The van der Waals surface area contributed by atoms with E-state index >= 15 is 0 Å². The van der Waals surface area contributed by atoms with Crippen LogP contribution in [0, 0.1) is 0 Å². The summed E-state index contributed by atoms with van der Waals surface area (Å²) in [6, 6.07) is -0.167. The van der Waals surface area contributed by atoms with Gasteiger partial charge in [-0.05, 0) is 19.3 Å². The van der Waals surface area contributed by atoms with E-state index in [-0.39, 0.29) is 30.0 Å². The highest BCUT2D eigenvalue weighted by molar-refractivity contribution is 7.89. The highest BCUT2D eigenvalue weighted by Crippen LogP contribution is 2.24. The van der Waals surface area contributed by atoms with E-state index in [9.17, 15) is 13.2 Å². The Labute approximate surface area is 107 Å². The Bertz CT molecular complexity index is 357. The summed E-state index contributed by atoms with van der Waals surface area (Å²) in [5.41, 5.74) is 0. The van der Waals surface area contributed by atoms with Crippen molar-refractivity contribution in [2.45, 2.75) is 43.5 Å². The van der Waals surface area contributed by atoms with E-state index in [1.165, 1.54) is 7.11 Å². The maximum atomic E-state index is 11.7. The van der Waals surface area contributed by atoms with E-state index in [2.05, 4.69) is 9.46 Å². The van der Waals surface area contributed by atoms with E-state index in [1.807, 2.05) is 0 Å². The Morgan fingerprint density at radius 3 is 2.71 bits per heavy atom. The van der Waals surface area contributed by atoms with Crippen molar-refractivity contribution in [3.63, 3.8) is 0 Å². The fraction of sp³-hybridized carbons (Fsp3) is 0.900. The van der Waals surface area contributed by atoms with Crippen molar-refractivity contribution < 1.29 is 17.9 Å². The molecule has 0 aromatic rings. The van der Waals surface area contributed by atoms with Gasteiger partial charge in [0.1, 0.15) is 0 Å². The van der Waals surface area contributed by atoms with Crippen LogP contribution in [0.1, 0.15) is 32.1 Å². The molecule has 0 radical (unpaired) electrons. The molecule has 1 aliphatic rings. The van der Waals surface area contributed by atoms with Crippen LogP contribution in [-0.2, 0) is 19.6 Å². The summed E-state index contributed by atoms with van der Waals surface area (Å²) in [5.74, 6) is -0.460. The molecule has 2 atom stereocenters. The summed E-state index contributed by atoms with van der Waals surface area (Å²) < 4.78 is 30.4. The van der Waals surface area contributed by atoms with Crippen molar-refractivity contribution in [1.82, 2.24) is 4.72 Å². The molecule has 100 valence electrons. The number of esters is 1. The molecule has 1 fully saturated rings. The molecule has 1 rings (SSSR count). The molecule has 7 heteroatoms. The third kappa shape index (κ3) is 5.23. The molecule has 0 bridgehead atoms. The number of halogens is 1. The second-order valence-electron chi connectivity index (χ2n) is 4.17. The van der Waals surface area contributed by atoms with Gasteiger partial charge in [-0.2, -0.15) is 0 Å². The maximum absolute atomic E-state index is 11.7. The van der Waals surface area contributed by atoms with Gasteiger partial charge in [0.2, 0.25) is 10.0 Å². The van der Waals surface area contributed by atoms with E-state index in [4.69, 9.17) is 11.6 Å². The lowest BCUT2D eigenvalue weighted by Crippen LogP contribution is -2.39. The quantitative estimate of drug-likeness (QED) is 0.583. The predicted octanol–water partition coefficient (Wildman–Crippen LogP) is 1.02. The average molecular weight is 284 g/mol. The van der Waals surface area contributed by atoms with Crippen molar-refractivity contribution in [3.05, 3.63) is 0 Å². The largest absolute Gasteiger partial charge is 0.469 e. The number of carbonyl (C=O) groups is 1. The average Bonchev–Trinajstić information content (AvgIpc) is 2.63. The Kier molecular flexibility index (Phi) is 5.69. The lowest BCUT2D eigenvalue weighted by molar-refractivity contribution is -0.140. The molecule has 0 aliphatic heterocycles. The topological polar surface area (TPSA) is 72.5 Å². The molecule has 0 aromatic heterocycles. The SMILES string of the molecule is COC(=O)CCCS(=O)(=O)NC1CCCC1Cl. The van der Waals surface area contributed by atoms with Crippen molar-refractivity contribution in [2.75, 3.05) is 12.9 Å². The Morgan fingerprint density at radius 1 is 1.47 bits per heavy atom. The molecular formula is C10H18ClNO4S. The van der Waals surface area contributed by atoms with Gasteiger partial charge in [0, 0.05) is 17.8 Å². The van der Waals surface area contributed by atoms with Crippen LogP contribution in [0.5, 0.6) is 0 Å². The zero-order valence-electron chi connectivity index (χ0n) is 9.82. The Morgan fingerprint density at radius 2 is 2.18 bits per heavy atom. The van der Waals surface area contributed by atoms with Gasteiger partial charge in [-0.25, -0.2) is 13.1 Å². The molecule has 1 aliphatic carbocycles. The summed E-state index contributed by atoms with van der Waals surface area (Å²) in [5, 5.41) is -0.120. The molecule has 0 amide bonds. The van der Waals surface area contributed by atoms with Crippen molar-refractivity contribution in [1.29, 1.82) is 0 Å². The smallest absolute Gasteiger partial charge is 0.305 e. The zero-order valence-corrected chi connectivity index (χ0v) is 11.4. The van der Waals surface area contributed by atoms with Crippen LogP contribution < -0.4 is 4.72 Å². The van der Waals surface area contributed by atoms with Gasteiger partial charge < -0.3 is 4.74 Å². The van der Waals surface area contributed by atoms with Crippen LogP contribution in [0.4, 0.5) is 0 Å². The summed E-state index contributed by atoms with van der Waals surface area (Å²) in [4.78, 5) is 10.8. The van der Waals surface area contributed by atoms with E-state index in [0.717, 1.165) is 19.3 Å². The van der Waals surface area contributed by atoms with Crippen LogP contribution in [0.3, 0.4) is 0 Å². The van der Waals surface area contributed by atoms with Crippen molar-refractivity contribution in [3.8, 4) is 0 Å².